The second-order valence-electron chi connectivity index (χ2n) is 5.68. The van der Waals surface area contributed by atoms with E-state index in [-0.39, 0.29) is 23.7 Å². The lowest BCUT2D eigenvalue weighted by Crippen LogP contribution is -2.27. The number of aromatic nitrogens is 1. The number of methoxy groups -OCH3 is 1. The van der Waals surface area contributed by atoms with Crippen LogP contribution in [-0.2, 0) is 16.1 Å². The maximum Gasteiger partial charge on any atom is 0.228 e. The van der Waals surface area contributed by atoms with Gasteiger partial charge in [-0.05, 0) is 30.7 Å². The third kappa shape index (κ3) is 3.71. The van der Waals surface area contributed by atoms with Crippen LogP contribution in [0, 0.1) is 11.8 Å². The number of benzene rings is 1. The van der Waals surface area contributed by atoms with Gasteiger partial charge in [-0.15, -0.1) is 0 Å². The number of anilines is 1. The number of ether oxygens (including phenoxy) is 1. The van der Waals surface area contributed by atoms with Crippen LogP contribution in [0.5, 0.6) is 5.75 Å². The first-order valence-electron chi connectivity index (χ1n) is 7.80. The highest BCUT2D eigenvalue weighted by molar-refractivity contribution is 6.00. The number of nitrogens with zero attached hydrogens (tertiary/aromatic N) is 1. The number of rotatable bonds is 6. The van der Waals surface area contributed by atoms with Gasteiger partial charge in [0, 0.05) is 6.20 Å². The molecule has 0 bridgehead atoms. The van der Waals surface area contributed by atoms with Crippen LogP contribution in [0.1, 0.15) is 12.1 Å². The second kappa shape index (κ2) is 7.12. The van der Waals surface area contributed by atoms with Crippen LogP contribution in [0.2, 0.25) is 0 Å². The molecule has 0 saturated heterocycles. The number of carbonyl (C=O) groups is 2. The largest absolute Gasteiger partial charge is 0.495 e. The molecule has 0 radical (unpaired) electrons. The monoisotopic (exact) mass is 325 g/mol. The smallest absolute Gasteiger partial charge is 0.228 e. The Bertz CT molecular complexity index is 733. The molecule has 124 valence electrons. The molecule has 1 heterocycles. The van der Waals surface area contributed by atoms with Gasteiger partial charge < -0.3 is 15.4 Å². The number of para-hydroxylation sites is 2. The summed E-state index contributed by atoms with van der Waals surface area (Å²) < 4.78 is 5.21. The zero-order valence-corrected chi connectivity index (χ0v) is 13.4. The number of carbonyl (C=O) groups excluding carboxylic acids is 2. The SMILES string of the molecule is COc1ccccc1NC(=O)C1CC1C(=O)NCc1ccccn1. The molecule has 1 aliphatic carbocycles. The van der Waals surface area contributed by atoms with Crippen molar-refractivity contribution >= 4 is 17.5 Å². The van der Waals surface area contributed by atoms with E-state index in [0.29, 0.717) is 24.4 Å². The molecule has 2 N–H and O–H groups in total. The molecule has 1 aromatic heterocycles. The molecule has 0 spiro atoms. The van der Waals surface area contributed by atoms with Gasteiger partial charge in [0.2, 0.25) is 11.8 Å². The zero-order valence-electron chi connectivity index (χ0n) is 13.4. The van der Waals surface area contributed by atoms with Crippen LogP contribution < -0.4 is 15.4 Å². The second-order valence-corrected chi connectivity index (χ2v) is 5.68. The molecule has 2 aromatic rings. The molecular formula is C18H19N3O3. The Morgan fingerprint density at radius 3 is 2.62 bits per heavy atom. The summed E-state index contributed by atoms with van der Waals surface area (Å²) in [6.45, 7) is 0.372. The van der Waals surface area contributed by atoms with Crippen LogP contribution >= 0.6 is 0 Å². The zero-order chi connectivity index (χ0) is 16.9. The van der Waals surface area contributed by atoms with E-state index in [2.05, 4.69) is 15.6 Å². The van der Waals surface area contributed by atoms with Gasteiger partial charge in [-0.2, -0.15) is 0 Å². The summed E-state index contributed by atoms with van der Waals surface area (Å²) in [5.41, 5.74) is 1.41. The molecule has 24 heavy (non-hydrogen) atoms. The molecule has 6 heteroatoms. The number of hydrogen-bond acceptors (Lipinski definition) is 4. The van der Waals surface area contributed by atoms with Gasteiger partial charge in [-0.25, -0.2) is 0 Å². The molecule has 1 fully saturated rings. The Balaban J connectivity index is 1.51. The molecule has 1 saturated carbocycles. The molecule has 2 unspecified atom stereocenters. The molecule has 2 atom stereocenters. The Morgan fingerprint density at radius 1 is 1.12 bits per heavy atom. The summed E-state index contributed by atoms with van der Waals surface area (Å²) >= 11 is 0. The highest BCUT2D eigenvalue weighted by Gasteiger charge is 2.48. The fraction of sp³-hybridized carbons (Fsp3) is 0.278. The van der Waals surface area contributed by atoms with Gasteiger partial charge in [0.15, 0.2) is 0 Å². The van der Waals surface area contributed by atoms with Crippen molar-refractivity contribution < 1.29 is 14.3 Å². The van der Waals surface area contributed by atoms with Crippen molar-refractivity contribution in [3.8, 4) is 5.75 Å². The van der Waals surface area contributed by atoms with Crippen molar-refractivity contribution in [1.29, 1.82) is 0 Å². The fourth-order valence-electron chi connectivity index (χ4n) is 2.56. The van der Waals surface area contributed by atoms with Crippen LogP contribution in [0.3, 0.4) is 0 Å². The first-order chi connectivity index (χ1) is 11.7. The summed E-state index contributed by atoms with van der Waals surface area (Å²) in [7, 11) is 1.55. The summed E-state index contributed by atoms with van der Waals surface area (Å²) in [6, 6.07) is 12.7. The molecule has 1 aliphatic rings. The van der Waals surface area contributed by atoms with Crippen LogP contribution in [0.15, 0.2) is 48.7 Å². The summed E-state index contributed by atoms with van der Waals surface area (Å²) in [4.78, 5) is 28.6. The molecular weight excluding hydrogens is 306 g/mol. The normalized spacial score (nSPS) is 18.5. The van der Waals surface area contributed by atoms with Crippen molar-refractivity contribution in [1.82, 2.24) is 10.3 Å². The Hall–Kier alpha value is -2.89. The third-order valence-electron chi connectivity index (χ3n) is 4.00. The van der Waals surface area contributed by atoms with E-state index in [1.54, 1.807) is 25.4 Å². The lowest BCUT2D eigenvalue weighted by molar-refractivity contribution is -0.125. The van der Waals surface area contributed by atoms with Gasteiger partial charge in [0.05, 0.1) is 36.9 Å². The van der Waals surface area contributed by atoms with Crippen molar-refractivity contribution in [2.45, 2.75) is 13.0 Å². The van der Waals surface area contributed by atoms with Crippen molar-refractivity contribution in [3.63, 3.8) is 0 Å². The standard InChI is InChI=1S/C18H19N3O3/c1-24-16-8-3-2-7-15(16)21-18(23)14-10-13(14)17(22)20-11-12-6-4-5-9-19-12/h2-9,13-14H,10-11H2,1H3,(H,20,22)(H,21,23). The first kappa shape index (κ1) is 16.0. The van der Waals surface area contributed by atoms with Gasteiger partial charge >= 0.3 is 0 Å². The van der Waals surface area contributed by atoms with E-state index < -0.39 is 0 Å². The van der Waals surface area contributed by atoms with Crippen LogP contribution in [-0.4, -0.2) is 23.9 Å². The lowest BCUT2D eigenvalue weighted by atomic mass is 10.2. The van der Waals surface area contributed by atoms with Crippen LogP contribution in [0.25, 0.3) is 0 Å². The van der Waals surface area contributed by atoms with E-state index in [9.17, 15) is 9.59 Å². The van der Waals surface area contributed by atoms with E-state index in [1.165, 1.54) is 0 Å². The summed E-state index contributed by atoms with van der Waals surface area (Å²) in [5.74, 6) is -0.233. The molecule has 6 nitrogen and oxygen atoms in total. The number of nitrogens with one attached hydrogen (secondary N) is 2. The topological polar surface area (TPSA) is 80.3 Å². The lowest BCUT2D eigenvalue weighted by Gasteiger charge is -2.09. The minimum absolute atomic E-state index is 0.110. The maximum absolute atomic E-state index is 12.3. The Kier molecular flexibility index (Phi) is 4.74. The molecule has 1 aromatic carbocycles. The minimum Gasteiger partial charge on any atom is -0.495 e. The minimum atomic E-state index is -0.293. The number of amides is 2. The third-order valence-corrected chi connectivity index (χ3v) is 4.00. The Labute approximate surface area is 140 Å². The van der Waals surface area contributed by atoms with Crippen molar-refractivity contribution in [2.75, 3.05) is 12.4 Å². The van der Waals surface area contributed by atoms with Gasteiger partial charge in [0.25, 0.3) is 0 Å². The molecule has 0 aliphatic heterocycles. The highest BCUT2D eigenvalue weighted by Crippen LogP contribution is 2.40. The quantitative estimate of drug-likeness (QED) is 0.851. The summed E-state index contributed by atoms with van der Waals surface area (Å²) in [6.07, 6.45) is 2.25. The van der Waals surface area contributed by atoms with E-state index >= 15 is 0 Å². The maximum atomic E-state index is 12.3. The highest BCUT2D eigenvalue weighted by atomic mass is 16.5. The van der Waals surface area contributed by atoms with E-state index in [0.717, 1.165) is 5.69 Å². The predicted octanol–water partition coefficient (Wildman–Crippen LogP) is 1.98. The van der Waals surface area contributed by atoms with Gasteiger partial charge in [-0.3, -0.25) is 14.6 Å². The summed E-state index contributed by atoms with van der Waals surface area (Å²) in [5, 5.41) is 5.65. The van der Waals surface area contributed by atoms with E-state index in [1.807, 2.05) is 30.3 Å². The number of hydrogen-bond donors (Lipinski definition) is 2. The average Bonchev–Trinajstić information content (AvgIpc) is 3.42. The molecule has 2 amide bonds. The first-order valence-corrected chi connectivity index (χ1v) is 7.80. The fourth-order valence-corrected chi connectivity index (χ4v) is 2.56. The van der Waals surface area contributed by atoms with Crippen molar-refractivity contribution in [3.05, 3.63) is 54.4 Å². The van der Waals surface area contributed by atoms with E-state index in [4.69, 9.17) is 4.74 Å². The number of pyridine rings is 1. The predicted molar refractivity (Wildman–Crippen MR) is 89.3 cm³/mol. The average molecular weight is 325 g/mol. The van der Waals surface area contributed by atoms with Crippen molar-refractivity contribution in [2.24, 2.45) is 11.8 Å². The Morgan fingerprint density at radius 2 is 1.88 bits per heavy atom. The molecule has 3 rings (SSSR count). The van der Waals surface area contributed by atoms with Gasteiger partial charge in [-0.1, -0.05) is 18.2 Å². The van der Waals surface area contributed by atoms with Crippen LogP contribution in [0.4, 0.5) is 5.69 Å². The van der Waals surface area contributed by atoms with Gasteiger partial charge in [0.1, 0.15) is 5.75 Å².